The van der Waals surface area contributed by atoms with Gasteiger partial charge < -0.3 is 10.4 Å². The number of aliphatic carboxylic acids is 1. The minimum Gasteiger partial charge on any atom is -0.478 e. The SMILES string of the molecule is C=C(CNC(C)c1ccncc1)C(=O)O. The molecule has 0 aliphatic heterocycles. The molecule has 15 heavy (non-hydrogen) atoms. The van der Waals surface area contributed by atoms with Gasteiger partial charge in [0, 0.05) is 30.6 Å². The zero-order valence-corrected chi connectivity index (χ0v) is 8.60. The van der Waals surface area contributed by atoms with Crippen molar-refractivity contribution in [1.82, 2.24) is 10.3 Å². The van der Waals surface area contributed by atoms with Crippen molar-refractivity contribution in [2.45, 2.75) is 13.0 Å². The minimum absolute atomic E-state index is 0.0871. The van der Waals surface area contributed by atoms with Gasteiger partial charge in [-0.2, -0.15) is 0 Å². The molecule has 4 nitrogen and oxygen atoms in total. The molecule has 1 heterocycles. The first-order chi connectivity index (χ1) is 7.11. The van der Waals surface area contributed by atoms with Gasteiger partial charge in [-0.25, -0.2) is 4.79 Å². The summed E-state index contributed by atoms with van der Waals surface area (Å²) in [5.74, 6) is -0.968. The Kier molecular flexibility index (Phi) is 4.00. The van der Waals surface area contributed by atoms with Crippen LogP contribution < -0.4 is 5.32 Å². The molecule has 1 aromatic heterocycles. The highest BCUT2D eigenvalue weighted by Gasteiger charge is 2.07. The third-order valence-electron chi connectivity index (χ3n) is 2.13. The minimum atomic E-state index is -0.968. The first-order valence-electron chi connectivity index (χ1n) is 4.65. The van der Waals surface area contributed by atoms with Crippen LogP contribution in [0.15, 0.2) is 36.7 Å². The topological polar surface area (TPSA) is 62.2 Å². The molecule has 0 aromatic carbocycles. The zero-order chi connectivity index (χ0) is 11.3. The lowest BCUT2D eigenvalue weighted by molar-refractivity contribution is -0.132. The quantitative estimate of drug-likeness (QED) is 0.714. The molecule has 0 aliphatic rings. The summed E-state index contributed by atoms with van der Waals surface area (Å²) in [6.45, 7) is 5.68. The van der Waals surface area contributed by atoms with Crippen molar-refractivity contribution in [2.75, 3.05) is 6.54 Å². The third-order valence-corrected chi connectivity index (χ3v) is 2.13. The molecule has 0 bridgehead atoms. The lowest BCUT2D eigenvalue weighted by Gasteiger charge is -2.13. The number of aromatic nitrogens is 1. The fraction of sp³-hybridized carbons (Fsp3) is 0.273. The third kappa shape index (κ3) is 3.52. The Hall–Kier alpha value is -1.68. The van der Waals surface area contributed by atoms with Crippen LogP contribution in [0, 0.1) is 0 Å². The van der Waals surface area contributed by atoms with Crippen LogP contribution in [0.25, 0.3) is 0 Å². The van der Waals surface area contributed by atoms with Gasteiger partial charge in [0.25, 0.3) is 0 Å². The Balaban J connectivity index is 2.47. The first kappa shape index (κ1) is 11.4. The molecule has 0 saturated heterocycles. The van der Waals surface area contributed by atoms with Gasteiger partial charge in [0.1, 0.15) is 0 Å². The van der Waals surface area contributed by atoms with E-state index in [4.69, 9.17) is 5.11 Å². The molecule has 0 saturated carbocycles. The average Bonchev–Trinajstić information content (AvgIpc) is 2.26. The zero-order valence-electron chi connectivity index (χ0n) is 8.60. The molecule has 80 valence electrons. The fourth-order valence-electron chi connectivity index (χ4n) is 1.12. The summed E-state index contributed by atoms with van der Waals surface area (Å²) in [7, 11) is 0. The standard InChI is InChI=1S/C11H14N2O2/c1-8(11(14)15)7-13-9(2)10-3-5-12-6-4-10/h3-6,9,13H,1,7H2,2H3,(H,14,15). The van der Waals surface area contributed by atoms with Crippen LogP contribution in [0.2, 0.25) is 0 Å². The predicted molar refractivity (Wildman–Crippen MR) is 57.4 cm³/mol. The summed E-state index contributed by atoms with van der Waals surface area (Å²) < 4.78 is 0. The number of carboxylic acid groups (broad SMARTS) is 1. The summed E-state index contributed by atoms with van der Waals surface area (Å²) in [5.41, 5.74) is 1.24. The van der Waals surface area contributed by atoms with Crippen molar-refractivity contribution in [3.05, 3.63) is 42.2 Å². The Morgan fingerprint density at radius 2 is 2.20 bits per heavy atom. The number of nitrogens with one attached hydrogen (secondary N) is 1. The molecular formula is C11H14N2O2. The second-order valence-corrected chi connectivity index (χ2v) is 3.29. The molecule has 0 fully saturated rings. The maximum Gasteiger partial charge on any atom is 0.332 e. The molecule has 0 spiro atoms. The monoisotopic (exact) mass is 206 g/mol. The normalized spacial score (nSPS) is 12.1. The molecule has 1 unspecified atom stereocenters. The van der Waals surface area contributed by atoms with Crippen LogP contribution in [0.4, 0.5) is 0 Å². The highest BCUT2D eigenvalue weighted by molar-refractivity contribution is 5.86. The smallest absolute Gasteiger partial charge is 0.332 e. The molecule has 0 radical (unpaired) electrons. The molecule has 1 aromatic rings. The molecule has 0 amide bonds. The Morgan fingerprint density at radius 1 is 1.60 bits per heavy atom. The number of pyridine rings is 1. The molecule has 4 heteroatoms. The van der Waals surface area contributed by atoms with E-state index in [1.165, 1.54) is 0 Å². The van der Waals surface area contributed by atoms with Crippen LogP contribution in [-0.2, 0) is 4.79 Å². The number of carboxylic acids is 1. The second kappa shape index (κ2) is 5.26. The average molecular weight is 206 g/mol. The van der Waals surface area contributed by atoms with E-state index in [0.29, 0.717) is 0 Å². The van der Waals surface area contributed by atoms with Crippen molar-refractivity contribution in [1.29, 1.82) is 0 Å². The van der Waals surface area contributed by atoms with Crippen LogP contribution in [-0.4, -0.2) is 22.6 Å². The highest BCUT2D eigenvalue weighted by Crippen LogP contribution is 2.09. The number of rotatable bonds is 5. The summed E-state index contributed by atoms with van der Waals surface area (Å²) in [6.07, 6.45) is 3.42. The second-order valence-electron chi connectivity index (χ2n) is 3.29. The Bertz CT molecular complexity index is 349. The number of nitrogens with zero attached hydrogens (tertiary/aromatic N) is 1. The lowest BCUT2D eigenvalue weighted by Crippen LogP contribution is -2.23. The predicted octanol–water partition coefficient (Wildman–Crippen LogP) is 1.37. The van der Waals surface area contributed by atoms with Crippen LogP contribution in [0.5, 0.6) is 0 Å². The van der Waals surface area contributed by atoms with Crippen molar-refractivity contribution < 1.29 is 9.90 Å². The Labute approximate surface area is 88.7 Å². The Morgan fingerprint density at radius 3 is 2.73 bits per heavy atom. The first-order valence-corrected chi connectivity index (χ1v) is 4.65. The van der Waals surface area contributed by atoms with Crippen molar-refractivity contribution in [2.24, 2.45) is 0 Å². The lowest BCUT2D eigenvalue weighted by atomic mass is 10.1. The number of hydrogen-bond donors (Lipinski definition) is 2. The van der Waals surface area contributed by atoms with Gasteiger partial charge >= 0.3 is 5.97 Å². The van der Waals surface area contributed by atoms with E-state index in [-0.39, 0.29) is 18.2 Å². The van der Waals surface area contributed by atoms with Crippen molar-refractivity contribution in [3.8, 4) is 0 Å². The maximum atomic E-state index is 10.5. The number of carbonyl (C=O) groups is 1. The summed E-state index contributed by atoms with van der Waals surface area (Å²) >= 11 is 0. The van der Waals surface area contributed by atoms with Gasteiger partial charge in [-0.3, -0.25) is 4.98 Å². The molecular weight excluding hydrogens is 192 g/mol. The van der Waals surface area contributed by atoms with Gasteiger partial charge in [-0.1, -0.05) is 6.58 Å². The van der Waals surface area contributed by atoms with E-state index in [1.54, 1.807) is 12.4 Å². The molecule has 0 aliphatic carbocycles. The van der Waals surface area contributed by atoms with Gasteiger partial charge in [-0.05, 0) is 24.6 Å². The van der Waals surface area contributed by atoms with Gasteiger partial charge in [0.05, 0.1) is 0 Å². The fourth-order valence-corrected chi connectivity index (χ4v) is 1.12. The van der Waals surface area contributed by atoms with Gasteiger partial charge in [-0.15, -0.1) is 0 Å². The van der Waals surface area contributed by atoms with Crippen LogP contribution in [0.3, 0.4) is 0 Å². The van der Waals surface area contributed by atoms with Crippen LogP contribution in [0.1, 0.15) is 18.5 Å². The highest BCUT2D eigenvalue weighted by atomic mass is 16.4. The van der Waals surface area contributed by atoms with E-state index in [9.17, 15) is 4.79 Å². The van der Waals surface area contributed by atoms with Gasteiger partial charge in [0.15, 0.2) is 0 Å². The molecule has 1 atom stereocenters. The van der Waals surface area contributed by atoms with Gasteiger partial charge in [0.2, 0.25) is 0 Å². The van der Waals surface area contributed by atoms with Crippen LogP contribution >= 0.6 is 0 Å². The van der Waals surface area contributed by atoms with Crippen molar-refractivity contribution >= 4 is 5.97 Å². The summed E-state index contributed by atoms with van der Waals surface area (Å²) in [5, 5.41) is 11.7. The van der Waals surface area contributed by atoms with E-state index < -0.39 is 5.97 Å². The van der Waals surface area contributed by atoms with Crippen molar-refractivity contribution in [3.63, 3.8) is 0 Å². The summed E-state index contributed by atoms with van der Waals surface area (Å²) in [4.78, 5) is 14.4. The van der Waals surface area contributed by atoms with E-state index in [1.807, 2.05) is 19.1 Å². The van der Waals surface area contributed by atoms with E-state index >= 15 is 0 Å². The molecule has 1 rings (SSSR count). The molecule has 2 N–H and O–H groups in total. The summed E-state index contributed by atoms with van der Waals surface area (Å²) in [6, 6.07) is 3.87. The largest absolute Gasteiger partial charge is 0.478 e. The van der Waals surface area contributed by atoms with E-state index in [2.05, 4.69) is 16.9 Å². The van der Waals surface area contributed by atoms with E-state index in [0.717, 1.165) is 5.56 Å². The number of hydrogen-bond acceptors (Lipinski definition) is 3. The maximum absolute atomic E-state index is 10.5.